The lowest BCUT2D eigenvalue weighted by Crippen LogP contribution is -2.12. The Hall–Kier alpha value is -2.25. The zero-order valence-corrected chi connectivity index (χ0v) is 11.2. The summed E-state index contributed by atoms with van der Waals surface area (Å²) in [6.07, 6.45) is 3.72. The van der Waals surface area contributed by atoms with Gasteiger partial charge in [0.05, 0.1) is 6.04 Å². The summed E-state index contributed by atoms with van der Waals surface area (Å²) in [5.74, 6) is -0.293. The van der Waals surface area contributed by atoms with E-state index in [2.05, 4.69) is 15.0 Å². The van der Waals surface area contributed by atoms with Crippen molar-refractivity contribution in [1.29, 1.82) is 0 Å². The number of thiazole rings is 1. The molecule has 102 valence electrons. The molecule has 0 bridgehead atoms. The predicted octanol–water partition coefficient (Wildman–Crippen LogP) is 1.74. The highest BCUT2D eigenvalue weighted by Crippen LogP contribution is 2.28. The molecule has 2 aromatic heterocycles. The van der Waals surface area contributed by atoms with Gasteiger partial charge in [0.15, 0.2) is 22.0 Å². The predicted molar refractivity (Wildman–Crippen MR) is 75.6 cm³/mol. The number of benzene rings is 1. The number of fused-ring (bicyclic) bond motifs is 1. The molecule has 6 nitrogen and oxygen atoms in total. The Balaban J connectivity index is 1.84. The summed E-state index contributed by atoms with van der Waals surface area (Å²) in [4.78, 5) is 13.4. The highest BCUT2D eigenvalue weighted by molar-refractivity contribution is 7.18. The molecule has 4 N–H and O–H groups in total. The first-order valence-electron chi connectivity index (χ1n) is 5.97. The first-order valence-corrected chi connectivity index (χ1v) is 6.79. The molecule has 0 amide bonds. The lowest BCUT2D eigenvalue weighted by atomic mass is 10.1. The van der Waals surface area contributed by atoms with Crippen LogP contribution in [0.5, 0.6) is 11.5 Å². The van der Waals surface area contributed by atoms with Gasteiger partial charge >= 0.3 is 0 Å². The molecule has 1 unspecified atom stereocenters. The molecular weight excluding hydrogens is 276 g/mol. The highest BCUT2D eigenvalue weighted by atomic mass is 32.1. The minimum absolute atomic E-state index is 0.143. The molecule has 0 saturated heterocycles. The van der Waals surface area contributed by atoms with Crippen LogP contribution in [0.2, 0.25) is 0 Å². The van der Waals surface area contributed by atoms with Crippen molar-refractivity contribution in [2.24, 2.45) is 5.73 Å². The maximum Gasteiger partial charge on any atom is 0.189 e. The Morgan fingerprint density at radius 3 is 2.70 bits per heavy atom. The zero-order valence-electron chi connectivity index (χ0n) is 10.4. The quantitative estimate of drug-likeness (QED) is 0.634. The van der Waals surface area contributed by atoms with Gasteiger partial charge in [0, 0.05) is 12.4 Å². The van der Waals surface area contributed by atoms with E-state index >= 15 is 0 Å². The van der Waals surface area contributed by atoms with E-state index in [0.717, 1.165) is 15.4 Å². The van der Waals surface area contributed by atoms with Crippen molar-refractivity contribution in [3.8, 4) is 11.5 Å². The normalized spacial score (nSPS) is 12.7. The molecule has 2 heterocycles. The van der Waals surface area contributed by atoms with Gasteiger partial charge < -0.3 is 15.9 Å². The van der Waals surface area contributed by atoms with Gasteiger partial charge in [-0.15, -0.1) is 0 Å². The molecule has 1 atom stereocenters. The van der Waals surface area contributed by atoms with Gasteiger partial charge in [0.25, 0.3) is 0 Å². The van der Waals surface area contributed by atoms with Gasteiger partial charge in [-0.05, 0) is 24.1 Å². The minimum Gasteiger partial charge on any atom is -0.504 e. The Labute approximate surface area is 118 Å². The number of phenolic OH excluding ortho intramolecular Hbond substituents is 2. The molecule has 0 aliphatic carbocycles. The second-order valence-corrected chi connectivity index (χ2v) is 5.38. The summed E-state index contributed by atoms with van der Waals surface area (Å²) in [6.45, 7) is 0. The van der Waals surface area contributed by atoms with E-state index in [9.17, 15) is 10.2 Å². The van der Waals surface area contributed by atoms with Crippen molar-refractivity contribution >= 4 is 21.8 Å². The second kappa shape index (κ2) is 5.03. The number of hydrogen-bond acceptors (Lipinski definition) is 7. The first-order chi connectivity index (χ1) is 9.63. The monoisotopic (exact) mass is 288 g/mol. The van der Waals surface area contributed by atoms with Crippen molar-refractivity contribution < 1.29 is 10.2 Å². The van der Waals surface area contributed by atoms with Gasteiger partial charge in [0.2, 0.25) is 0 Å². The summed E-state index contributed by atoms with van der Waals surface area (Å²) >= 11 is 1.41. The zero-order chi connectivity index (χ0) is 14.1. The molecule has 0 aliphatic rings. The van der Waals surface area contributed by atoms with Crippen LogP contribution in [0.3, 0.4) is 0 Å². The van der Waals surface area contributed by atoms with E-state index in [0.29, 0.717) is 12.1 Å². The molecular formula is C13H12N4O2S. The van der Waals surface area contributed by atoms with Crippen molar-refractivity contribution in [1.82, 2.24) is 15.0 Å². The van der Waals surface area contributed by atoms with Crippen LogP contribution in [0.1, 0.15) is 16.6 Å². The number of aromatic hydroxyl groups is 2. The number of aromatic nitrogens is 3. The summed E-state index contributed by atoms with van der Waals surface area (Å²) in [5.41, 5.74) is 7.55. The van der Waals surface area contributed by atoms with Crippen molar-refractivity contribution in [3.05, 3.63) is 41.2 Å². The van der Waals surface area contributed by atoms with Crippen LogP contribution >= 0.6 is 11.3 Å². The van der Waals surface area contributed by atoms with Gasteiger partial charge in [-0.25, -0.2) is 15.0 Å². The van der Waals surface area contributed by atoms with Crippen LogP contribution in [0.4, 0.5) is 0 Å². The molecule has 0 radical (unpaired) electrons. The SMILES string of the molecule is NC(Cc1ccc(O)c(O)c1)c1nc2nccnc2s1. The standard InChI is InChI=1S/C13H12N4O2S/c14-8(5-7-1-2-9(18)10(19)6-7)12-17-11-13(20-12)16-4-3-15-11/h1-4,6,8,18-19H,5,14H2. The van der Waals surface area contributed by atoms with E-state index in [4.69, 9.17) is 5.73 Å². The van der Waals surface area contributed by atoms with Gasteiger partial charge in [0.1, 0.15) is 5.01 Å². The van der Waals surface area contributed by atoms with Gasteiger partial charge in [-0.3, -0.25) is 0 Å². The highest BCUT2D eigenvalue weighted by Gasteiger charge is 2.14. The molecule has 0 spiro atoms. The van der Waals surface area contributed by atoms with Crippen LogP contribution in [0.15, 0.2) is 30.6 Å². The fraction of sp³-hybridized carbons (Fsp3) is 0.154. The summed E-state index contributed by atoms with van der Waals surface area (Å²) in [7, 11) is 0. The fourth-order valence-electron chi connectivity index (χ4n) is 1.89. The van der Waals surface area contributed by atoms with Crippen LogP contribution in [0.25, 0.3) is 10.5 Å². The Morgan fingerprint density at radius 1 is 1.15 bits per heavy atom. The molecule has 20 heavy (non-hydrogen) atoms. The van der Waals surface area contributed by atoms with E-state index in [-0.39, 0.29) is 17.5 Å². The number of nitrogens with zero attached hydrogens (tertiary/aromatic N) is 3. The largest absolute Gasteiger partial charge is 0.504 e. The third-order valence-electron chi connectivity index (χ3n) is 2.88. The smallest absolute Gasteiger partial charge is 0.189 e. The maximum atomic E-state index is 9.47. The molecule has 3 aromatic rings. The van der Waals surface area contributed by atoms with Crippen molar-refractivity contribution in [2.45, 2.75) is 12.5 Å². The second-order valence-electron chi connectivity index (χ2n) is 4.37. The van der Waals surface area contributed by atoms with Crippen molar-refractivity contribution in [2.75, 3.05) is 0 Å². The number of rotatable bonds is 3. The maximum absolute atomic E-state index is 9.47. The average molecular weight is 288 g/mol. The topological polar surface area (TPSA) is 105 Å². The Bertz CT molecular complexity index is 726. The molecule has 0 saturated carbocycles. The number of phenols is 2. The summed E-state index contributed by atoms with van der Waals surface area (Å²) < 4.78 is 0. The summed E-state index contributed by atoms with van der Waals surface area (Å²) in [5, 5.41) is 19.5. The Morgan fingerprint density at radius 2 is 1.95 bits per heavy atom. The van der Waals surface area contributed by atoms with Gasteiger partial charge in [-0.1, -0.05) is 17.4 Å². The number of nitrogens with two attached hydrogens (primary N) is 1. The van der Waals surface area contributed by atoms with Crippen LogP contribution in [0, 0.1) is 0 Å². The molecule has 7 heteroatoms. The minimum atomic E-state index is -0.306. The van der Waals surface area contributed by atoms with E-state index in [1.165, 1.54) is 23.5 Å². The third kappa shape index (κ3) is 2.40. The van der Waals surface area contributed by atoms with Gasteiger partial charge in [-0.2, -0.15) is 0 Å². The molecule has 0 aliphatic heterocycles. The Kier molecular flexibility index (Phi) is 3.21. The third-order valence-corrected chi connectivity index (χ3v) is 3.96. The van der Waals surface area contributed by atoms with E-state index < -0.39 is 0 Å². The lowest BCUT2D eigenvalue weighted by molar-refractivity contribution is 0.403. The van der Waals surface area contributed by atoms with Crippen molar-refractivity contribution in [3.63, 3.8) is 0 Å². The van der Waals surface area contributed by atoms with Crippen LogP contribution in [-0.2, 0) is 6.42 Å². The lowest BCUT2D eigenvalue weighted by Gasteiger charge is -2.09. The first kappa shape index (κ1) is 12.8. The molecule has 3 rings (SSSR count). The number of hydrogen-bond donors (Lipinski definition) is 3. The molecule has 1 aromatic carbocycles. The van der Waals surface area contributed by atoms with E-state index in [1.54, 1.807) is 18.5 Å². The summed E-state index contributed by atoms with van der Waals surface area (Å²) in [6, 6.07) is 4.36. The van der Waals surface area contributed by atoms with Crippen LogP contribution in [-0.4, -0.2) is 25.2 Å². The van der Waals surface area contributed by atoms with E-state index in [1.807, 2.05) is 0 Å². The fourth-order valence-corrected chi connectivity index (χ4v) is 2.76. The van der Waals surface area contributed by atoms with Crippen LogP contribution < -0.4 is 5.73 Å². The molecule has 0 fully saturated rings. The average Bonchev–Trinajstić information content (AvgIpc) is 2.87.